The Morgan fingerprint density at radius 1 is 1.30 bits per heavy atom. The van der Waals surface area contributed by atoms with E-state index in [2.05, 4.69) is 0 Å². The first-order chi connectivity index (χ1) is 12.8. The van der Waals surface area contributed by atoms with Crippen LogP contribution in [-0.4, -0.2) is 39.6 Å². The lowest BCUT2D eigenvalue weighted by Crippen LogP contribution is -2.27. The topological polar surface area (TPSA) is 82.1 Å². The normalized spacial score (nSPS) is 17.9. The maximum atomic E-state index is 11.5. The van der Waals surface area contributed by atoms with Crippen LogP contribution in [0.4, 0.5) is 0 Å². The van der Waals surface area contributed by atoms with E-state index in [0.29, 0.717) is 35.8 Å². The molecule has 1 aliphatic rings. The van der Waals surface area contributed by atoms with Crippen molar-refractivity contribution in [3.05, 3.63) is 56.7 Å². The Labute approximate surface area is 167 Å². The minimum absolute atomic E-state index is 0.00640. The predicted molar refractivity (Wildman–Crippen MR) is 103 cm³/mol. The highest BCUT2D eigenvalue weighted by molar-refractivity contribution is 7.85. The average molecular weight is 433 g/mol. The fourth-order valence-electron chi connectivity index (χ4n) is 2.96. The van der Waals surface area contributed by atoms with Gasteiger partial charge < -0.3 is 14.6 Å². The van der Waals surface area contributed by atoms with Gasteiger partial charge in [-0.15, -0.1) is 11.3 Å². The Morgan fingerprint density at radius 3 is 2.70 bits per heavy atom. The first kappa shape index (κ1) is 20.7. The van der Waals surface area contributed by atoms with Gasteiger partial charge in [0.2, 0.25) is 0 Å². The Kier molecular flexibility index (Phi) is 6.58. The third kappa shape index (κ3) is 5.29. The van der Waals surface area contributed by atoms with Gasteiger partial charge in [-0.2, -0.15) is 8.42 Å². The monoisotopic (exact) mass is 432 g/mol. The number of rotatable bonds is 8. The van der Waals surface area contributed by atoms with Crippen LogP contribution < -0.4 is 0 Å². The number of halogens is 1. The molecule has 0 amide bonds. The van der Waals surface area contributed by atoms with Gasteiger partial charge in [-0.3, -0.25) is 4.18 Å². The molecule has 0 spiro atoms. The highest BCUT2D eigenvalue weighted by atomic mass is 35.5. The smallest absolute Gasteiger partial charge is 0.264 e. The summed E-state index contributed by atoms with van der Waals surface area (Å²) in [7, 11) is -3.52. The Morgan fingerprint density at radius 2 is 2.04 bits per heavy atom. The Hall–Kier alpha value is -1.00. The standard InChI is InChI=1S/C18H21ClO6S2/c1-27(21,22)25-7-3-6-18(20,13-4-2-5-15(19)10-13)14-11-16(26-12-14)17-23-8-9-24-17/h2,4-5,10-12,17,20H,3,6-9H2,1H3/t18-/m0/s1. The van der Waals surface area contributed by atoms with Crippen LogP contribution in [-0.2, 0) is 29.4 Å². The summed E-state index contributed by atoms with van der Waals surface area (Å²) in [5, 5.41) is 13.9. The van der Waals surface area contributed by atoms with E-state index < -0.39 is 22.0 Å². The summed E-state index contributed by atoms with van der Waals surface area (Å²) < 4.78 is 38.2. The maximum absolute atomic E-state index is 11.5. The minimum atomic E-state index is -3.52. The van der Waals surface area contributed by atoms with Crippen molar-refractivity contribution >= 4 is 33.1 Å². The first-order valence-electron chi connectivity index (χ1n) is 8.43. The molecule has 27 heavy (non-hydrogen) atoms. The van der Waals surface area contributed by atoms with Crippen LogP contribution in [0, 0.1) is 0 Å². The molecule has 1 aromatic heterocycles. The first-order valence-corrected chi connectivity index (χ1v) is 11.5. The fraction of sp³-hybridized carbons (Fsp3) is 0.444. The van der Waals surface area contributed by atoms with E-state index in [1.54, 1.807) is 24.3 Å². The molecule has 0 aliphatic carbocycles. The second-order valence-electron chi connectivity index (χ2n) is 6.31. The molecule has 0 unspecified atom stereocenters. The molecule has 1 fully saturated rings. The molecule has 1 N–H and O–H groups in total. The van der Waals surface area contributed by atoms with Crippen LogP contribution >= 0.6 is 22.9 Å². The third-order valence-electron chi connectivity index (χ3n) is 4.23. The Bertz CT molecular complexity index is 875. The van der Waals surface area contributed by atoms with Crippen molar-refractivity contribution in [3.63, 3.8) is 0 Å². The summed E-state index contributed by atoms with van der Waals surface area (Å²) in [5.74, 6) is 0. The van der Waals surface area contributed by atoms with Crippen molar-refractivity contribution in [2.45, 2.75) is 24.7 Å². The van der Waals surface area contributed by atoms with Gasteiger partial charge in [0.15, 0.2) is 6.29 Å². The molecule has 2 heterocycles. The molecule has 1 saturated heterocycles. The van der Waals surface area contributed by atoms with E-state index in [1.807, 2.05) is 11.4 Å². The Balaban J connectivity index is 1.85. The summed E-state index contributed by atoms with van der Waals surface area (Å²) >= 11 is 7.56. The maximum Gasteiger partial charge on any atom is 0.264 e. The second-order valence-corrected chi connectivity index (χ2v) is 9.33. The zero-order valence-electron chi connectivity index (χ0n) is 14.8. The molecule has 0 saturated carbocycles. The number of thiophene rings is 1. The van der Waals surface area contributed by atoms with E-state index in [1.165, 1.54) is 11.3 Å². The van der Waals surface area contributed by atoms with Crippen molar-refractivity contribution in [2.75, 3.05) is 26.1 Å². The molecular formula is C18H21ClO6S2. The largest absolute Gasteiger partial charge is 0.380 e. The lowest BCUT2D eigenvalue weighted by atomic mass is 9.84. The van der Waals surface area contributed by atoms with Gasteiger partial charge in [0.1, 0.15) is 5.60 Å². The molecule has 148 valence electrons. The molecule has 1 atom stereocenters. The lowest BCUT2D eigenvalue weighted by molar-refractivity contribution is -0.0415. The molecule has 6 nitrogen and oxygen atoms in total. The van der Waals surface area contributed by atoms with Crippen molar-refractivity contribution in [1.82, 2.24) is 0 Å². The number of hydrogen-bond donors (Lipinski definition) is 1. The van der Waals surface area contributed by atoms with Gasteiger partial charge in [-0.25, -0.2) is 0 Å². The molecule has 1 aliphatic heterocycles. The van der Waals surface area contributed by atoms with Crippen LogP contribution in [0.15, 0.2) is 35.7 Å². The van der Waals surface area contributed by atoms with Crippen molar-refractivity contribution < 1.29 is 27.2 Å². The summed E-state index contributed by atoms with van der Waals surface area (Å²) in [5.41, 5.74) is -0.0192. The fourth-order valence-corrected chi connectivity index (χ4v) is 4.53. The summed E-state index contributed by atoms with van der Waals surface area (Å²) in [6, 6.07) is 8.87. The number of benzene rings is 1. The highest BCUT2D eigenvalue weighted by Gasteiger charge is 2.34. The molecule has 2 aromatic rings. The highest BCUT2D eigenvalue weighted by Crippen LogP contribution is 2.40. The minimum Gasteiger partial charge on any atom is -0.380 e. The lowest BCUT2D eigenvalue weighted by Gasteiger charge is -2.28. The number of aliphatic hydroxyl groups is 1. The molecule has 9 heteroatoms. The van der Waals surface area contributed by atoms with Gasteiger partial charge in [0, 0.05) is 5.02 Å². The van der Waals surface area contributed by atoms with E-state index in [9.17, 15) is 13.5 Å². The zero-order valence-corrected chi connectivity index (χ0v) is 17.1. The SMILES string of the molecule is CS(=O)(=O)OCCC[C@](O)(c1cccc(Cl)c1)c1csc(C2OCCO2)c1. The van der Waals surface area contributed by atoms with Crippen LogP contribution in [0.25, 0.3) is 0 Å². The predicted octanol–water partition coefficient (Wildman–Crippen LogP) is 3.44. The van der Waals surface area contributed by atoms with Gasteiger partial charge >= 0.3 is 0 Å². The summed E-state index contributed by atoms with van der Waals surface area (Å²) in [6.45, 7) is 1.08. The molecule has 3 rings (SSSR count). The molecule has 0 bridgehead atoms. The number of hydrogen-bond acceptors (Lipinski definition) is 7. The van der Waals surface area contributed by atoms with Gasteiger partial charge in [-0.1, -0.05) is 23.7 Å². The molecule has 1 aromatic carbocycles. The number of ether oxygens (including phenoxy) is 2. The van der Waals surface area contributed by atoms with Crippen LogP contribution in [0.5, 0.6) is 0 Å². The zero-order chi connectivity index (χ0) is 19.5. The van der Waals surface area contributed by atoms with Crippen LogP contribution in [0.2, 0.25) is 5.02 Å². The van der Waals surface area contributed by atoms with E-state index in [4.69, 9.17) is 25.3 Å². The quantitative estimate of drug-likeness (QED) is 0.508. The van der Waals surface area contributed by atoms with Crippen LogP contribution in [0.3, 0.4) is 0 Å². The van der Waals surface area contributed by atoms with Crippen molar-refractivity contribution in [3.8, 4) is 0 Å². The second kappa shape index (κ2) is 8.57. The average Bonchev–Trinajstić information content (AvgIpc) is 3.28. The third-order valence-corrected chi connectivity index (χ3v) is 6.02. The molecule has 0 radical (unpaired) electrons. The summed E-state index contributed by atoms with van der Waals surface area (Å²) in [4.78, 5) is 0.871. The van der Waals surface area contributed by atoms with Crippen molar-refractivity contribution in [2.24, 2.45) is 0 Å². The van der Waals surface area contributed by atoms with E-state index >= 15 is 0 Å². The van der Waals surface area contributed by atoms with E-state index in [-0.39, 0.29) is 13.0 Å². The summed E-state index contributed by atoms with van der Waals surface area (Å²) in [6.07, 6.45) is 1.20. The van der Waals surface area contributed by atoms with Gasteiger partial charge in [0.25, 0.3) is 10.1 Å². The molecular weight excluding hydrogens is 412 g/mol. The van der Waals surface area contributed by atoms with Gasteiger partial charge in [-0.05, 0) is 47.5 Å². The van der Waals surface area contributed by atoms with E-state index in [0.717, 1.165) is 11.1 Å². The van der Waals surface area contributed by atoms with Gasteiger partial charge in [0.05, 0.1) is 31.0 Å². The van der Waals surface area contributed by atoms with Crippen molar-refractivity contribution in [1.29, 1.82) is 0 Å². The van der Waals surface area contributed by atoms with Crippen LogP contribution in [0.1, 0.15) is 35.1 Å².